The summed E-state index contributed by atoms with van der Waals surface area (Å²) in [5, 5.41) is 1.09. The zero-order valence-corrected chi connectivity index (χ0v) is 22.5. The van der Waals surface area contributed by atoms with Gasteiger partial charge < -0.3 is 9.47 Å². The molecule has 0 spiro atoms. The Morgan fingerprint density at radius 2 is 1.83 bits per heavy atom. The number of hydrogen-bond donors (Lipinski definition) is 0. The first-order valence-corrected chi connectivity index (χ1v) is 13.2. The Kier molecular flexibility index (Phi) is 7.10. The number of benzene rings is 2. The first-order chi connectivity index (χ1) is 17.3. The van der Waals surface area contributed by atoms with Crippen molar-refractivity contribution < 1.29 is 19.1 Å². The molecule has 3 aromatic rings. The molecule has 0 N–H and O–H groups in total. The molecular weight excluding hydrogens is 567 g/mol. The number of aromatic nitrogens is 1. The molecule has 0 saturated heterocycles. The van der Waals surface area contributed by atoms with Gasteiger partial charge in [-0.2, -0.15) is 0 Å². The van der Waals surface area contributed by atoms with Crippen molar-refractivity contribution >= 4 is 51.0 Å². The van der Waals surface area contributed by atoms with E-state index in [0.717, 1.165) is 15.6 Å². The first-order valence-electron chi connectivity index (χ1n) is 11.6. The van der Waals surface area contributed by atoms with E-state index in [4.69, 9.17) is 32.7 Å². The van der Waals surface area contributed by atoms with Gasteiger partial charge in [0.2, 0.25) is 0 Å². The molecule has 1 fully saturated rings. The summed E-state index contributed by atoms with van der Waals surface area (Å²) in [7, 11) is 0. The van der Waals surface area contributed by atoms with Gasteiger partial charge in [0.1, 0.15) is 0 Å². The third-order valence-corrected chi connectivity index (χ3v) is 7.57. The summed E-state index contributed by atoms with van der Waals surface area (Å²) in [5.41, 5.74) is 1.46. The third kappa shape index (κ3) is 4.54. The highest BCUT2D eigenvalue weighted by Gasteiger charge is 2.55. The maximum atomic E-state index is 13.9. The average Bonchev–Trinajstić information content (AvgIpc) is 3.05. The molecule has 1 aliphatic heterocycles. The Hall–Kier alpha value is -2.45. The quantitative estimate of drug-likeness (QED) is 0.300. The minimum Gasteiger partial charge on any atom is -0.466 e. The van der Waals surface area contributed by atoms with Crippen molar-refractivity contribution in [3.05, 3.63) is 97.7 Å². The van der Waals surface area contributed by atoms with E-state index in [1.165, 1.54) is 0 Å². The Labute approximate surface area is 227 Å². The molecule has 6 nitrogen and oxygen atoms in total. The molecule has 1 saturated carbocycles. The number of ether oxygens (including phenoxy) is 2. The van der Waals surface area contributed by atoms with Crippen LogP contribution < -0.4 is 0 Å². The summed E-state index contributed by atoms with van der Waals surface area (Å²) in [6, 6.07) is 16.5. The number of halogens is 3. The van der Waals surface area contributed by atoms with Gasteiger partial charge in [0.15, 0.2) is 5.72 Å². The molecule has 9 heteroatoms. The van der Waals surface area contributed by atoms with Gasteiger partial charge in [0, 0.05) is 32.4 Å². The lowest BCUT2D eigenvalue weighted by atomic mass is 9.81. The van der Waals surface area contributed by atoms with E-state index < -0.39 is 5.72 Å². The molecule has 1 aromatic heterocycles. The van der Waals surface area contributed by atoms with E-state index in [-0.39, 0.29) is 30.4 Å². The second-order valence-corrected chi connectivity index (χ2v) is 10.6. The van der Waals surface area contributed by atoms with Crippen LogP contribution in [0.5, 0.6) is 0 Å². The first kappa shape index (κ1) is 25.2. The number of hydrogen-bond acceptors (Lipinski definition) is 5. The van der Waals surface area contributed by atoms with Gasteiger partial charge in [-0.3, -0.25) is 19.5 Å². The maximum absolute atomic E-state index is 13.9. The molecule has 36 heavy (non-hydrogen) atoms. The van der Waals surface area contributed by atoms with Crippen LogP contribution in [0.2, 0.25) is 10.0 Å². The van der Waals surface area contributed by atoms with Crippen LogP contribution in [0, 0.1) is 5.92 Å². The van der Waals surface area contributed by atoms with E-state index in [0.29, 0.717) is 40.8 Å². The Morgan fingerprint density at radius 3 is 2.50 bits per heavy atom. The van der Waals surface area contributed by atoms with Gasteiger partial charge in [-0.05, 0) is 56.2 Å². The molecule has 1 atom stereocenters. The van der Waals surface area contributed by atoms with Crippen LogP contribution in [-0.2, 0) is 26.5 Å². The predicted octanol–water partition coefficient (Wildman–Crippen LogP) is 6.37. The second-order valence-electron chi connectivity index (χ2n) is 8.86. The van der Waals surface area contributed by atoms with Gasteiger partial charge >= 0.3 is 5.97 Å². The molecule has 1 unspecified atom stereocenters. The summed E-state index contributed by atoms with van der Waals surface area (Å²) < 4.78 is 12.8. The van der Waals surface area contributed by atoms with Crippen LogP contribution in [0.1, 0.15) is 46.9 Å². The van der Waals surface area contributed by atoms with Crippen LogP contribution in [-0.4, -0.2) is 34.5 Å². The Morgan fingerprint density at radius 1 is 1.11 bits per heavy atom. The molecule has 2 heterocycles. The number of nitrogens with zero attached hydrogens (tertiary/aromatic N) is 2. The van der Waals surface area contributed by atoms with Crippen molar-refractivity contribution in [3.8, 4) is 0 Å². The number of carbonyl (C=O) groups is 2. The van der Waals surface area contributed by atoms with Crippen LogP contribution >= 0.6 is 39.1 Å². The largest absolute Gasteiger partial charge is 0.466 e. The number of esters is 1. The van der Waals surface area contributed by atoms with Gasteiger partial charge in [0.25, 0.3) is 5.91 Å². The number of rotatable bonds is 7. The molecule has 2 aliphatic rings. The fourth-order valence-electron chi connectivity index (χ4n) is 4.81. The molecule has 0 bridgehead atoms. The second kappa shape index (κ2) is 10.1. The summed E-state index contributed by atoms with van der Waals surface area (Å²) in [6.07, 6.45) is 2.34. The summed E-state index contributed by atoms with van der Waals surface area (Å²) in [4.78, 5) is 32.2. The van der Waals surface area contributed by atoms with E-state index in [1.54, 1.807) is 42.3 Å². The van der Waals surface area contributed by atoms with Crippen LogP contribution in [0.15, 0.2) is 65.3 Å². The number of carbonyl (C=O) groups excluding carboxylic acids is 2. The van der Waals surface area contributed by atoms with Crippen molar-refractivity contribution in [1.82, 2.24) is 9.88 Å². The van der Waals surface area contributed by atoms with E-state index in [2.05, 4.69) is 20.9 Å². The zero-order valence-electron chi connectivity index (χ0n) is 19.4. The molecule has 0 radical (unpaired) electrons. The topological polar surface area (TPSA) is 68.7 Å². The lowest BCUT2D eigenvalue weighted by Crippen LogP contribution is -2.51. The number of fused-ring (bicyclic) bond motifs is 1. The van der Waals surface area contributed by atoms with Gasteiger partial charge in [-0.1, -0.05) is 57.3 Å². The summed E-state index contributed by atoms with van der Waals surface area (Å²) in [6.45, 7) is 2.33. The van der Waals surface area contributed by atoms with Gasteiger partial charge in [-0.25, -0.2) is 0 Å². The molecule has 5 rings (SSSR count). The van der Waals surface area contributed by atoms with Gasteiger partial charge in [-0.15, -0.1) is 0 Å². The van der Waals surface area contributed by atoms with Crippen LogP contribution in [0.4, 0.5) is 0 Å². The van der Waals surface area contributed by atoms with Crippen LogP contribution in [0.3, 0.4) is 0 Å². The standard InChI is InChI=1S/C27H23BrCl2N2O4/c1-2-35-26(34)16-11-22(12-16)36-27(17-3-6-19(29)7-4-17)24-10-5-18(28)13-23(24)25(33)32(27)15-21-9-8-20(30)14-31-21/h3-10,13-14,16,22H,2,11-12,15H2,1H3. The fourth-order valence-corrected chi connectivity index (χ4v) is 5.40. The van der Waals surface area contributed by atoms with E-state index in [1.807, 2.05) is 30.3 Å². The third-order valence-electron chi connectivity index (χ3n) is 6.60. The summed E-state index contributed by atoms with van der Waals surface area (Å²) >= 11 is 15.8. The van der Waals surface area contributed by atoms with Crippen molar-refractivity contribution in [1.29, 1.82) is 0 Å². The fraction of sp³-hybridized carbons (Fsp3) is 0.296. The normalized spacial score (nSPS) is 22.8. The van der Waals surface area contributed by atoms with Crippen molar-refractivity contribution in [2.75, 3.05) is 6.61 Å². The number of pyridine rings is 1. The van der Waals surface area contributed by atoms with Crippen molar-refractivity contribution in [2.45, 2.75) is 38.1 Å². The average molecular weight is 590 g/mol. The van der Waals surface area contributed by atoms with E-state index in [9.17, 15) is 9.59 Å². The lowest BCUT2D eigenvalue weighted by Gasteiger charge is -2.45. The molecule has 2 aromatic carbocycles. The van der Waals surface area contributed by atoms with Crippen LogP contribution in [0.25, 0.3) is 0 Å². The highest BCUT2D eigenvalue weighted by molar-refractivity contribution is 9.10. The highest BCUT2D eigenvalue weighted by atomic mass is 79.9. The molecule has 186 valence electrons. The monoisotopic (exact) mass is 588 g/mol. The SMILES string of the molecule is CCOC(=O)C1CC(OC2(c3ccc(Cl)cc3)c3ccc(Br)cc3C(=O)N2Cc2ccc(Cl)cn2)C1. The summed E-state index contributed by atoms with van der Waals surface area (Å²) in [5.74, 6) is -0.615. The van der Waals surface area contributed by atoms with Crippen molar-refractivity contribution in [2.24, 2.45) is 5.92 Å². The maximum Gasteiger partial charge on any atom is 0.309 e. The Balaban J connectivity index is 1.60. The lowest BCUT2D eigenvalue weighted by molar-refractivity contribution is -0.190. The molecule has 1 aliphatic carbocycles. The minimum atomic E-state index is -1.23. The smallest absolute Gasteiger partial charge is 0.309 e. The Bertz CT molecular complexity index is 1300. The molecule has 1 amide bonds. The highest BCUT2D eigenvalue weighted by Crippen LogP contribution is 2.50. The minimum absolute atomic E-state index is 0.181. The molecular formula is C27H23BrCl2N2O4. The van der Waals surface area contributed by atoms with Gasteiger partial charge in [0.05, 0.1) is 35.9 Å². The predicted molar refractivity (Wildman–Crippen MR) is 140 cm³/mol. The van der Waals surface area contributed by atoms with E-state index >= 15 is 0 Å². The van der Waals surface area contributed by atoms with Crippen molar-refractivity contribution in [3.63, 3.8) is 0 Å². The number of amides is 1. The zero-order chi connectivity index (χ0) is 25.4.